The minimum Gasteiger partial charge on any atom is -0.496 e. The van der Waals surface area contributed by atoms with Gasteiger partial charge in [0.05, 0.1) is 18.4 Å². The fraction of sp³-hybridized carbons (Fsp3) is 0.412. The van der Waals surface area contributed by atoms with Crippen LogP contribution < -0.4 is 10.1 Å². The largest absolute Gasteiger partial charge is 0.496 e. The quantitative estimate of drug-likeness (QED) is 0.926. The van der Waals surface area contributed by atoms with Crippen molar-refractivity contribution in [2.45, 2.75) is 33.1 Å². The van der Waals surface area contributed by atoms with E-state index in [2.05, 4.69) is 38.0 Å². The molecular formula is C17H23N3O. The zero-order valence-corrected chi connectivity index (χ0v) is 13.4. The van der Waals surface area contributed by atoms with Crippen molar-refractivity contribution in [2.75, 3.05) is 19.0 Å². The molecule has 0 saturated carbocycles. The highest BCUT2D eigenvalue weighted by Gasteiger charge is 2.19. The van der Waals surface area contributed by atoms with Crippen molar-refractivity contribution in [1.82, 2.24) is 9.97 Å². The molecule has 0 aliphatic heterocycles. The Bertz CT molecular complexity index is 618. The van der Waals surface area contributed by atoms with Gasteiger partial charge in [-0.15, -0.1) is 0 Å². The molecule has 0 fully saturated rings. The van der Waals surface area contributed by atoms with E-state index in [0.29, 0.717) is 5.82 Å². The molecule has 0 bridgehead atoms. The van der Waals surface area contributed by atoms with Crippen LogP contribution in [0.15, 0.2) is 30.3 Å². The molecule has 1 N–H and O–H groups in total. The first-order valence-corrected chi connectivity index (χ1v) is 7.22. The van der Waals surface area contributed by atoms with Crippen LogP contribution in [0.25, 0.3) is 11.4 Å². The van der Waals surface area contributed by atoms with E-state index in [-0.39, 0.29) is 5.41 Å². The SMILES string of the molecule is CCNc1cc(C(C)(C)C)nc(-c2ccccc2OC)n1. The van der Waals surface area contributed by atoms with Crippen molar-refractivity contribution >= 4 is 5.82 Å². The second-order valence-electron chi connectivity index (χ2n) is 5.94. The normalized spacial score (nSPS) is 11.3. The number of nitrogens with one attached hydrogen (secondary N) is 1. The molecule has 0 aliphatic carbocycles. The average molecular weight is 285 g/mol. The summed E-state index contributed by atoms with van der Waals surface area (Å²) in [6.45, 7) is 9.33. The second-order valence-corrected chi connectivity index (χ2v) is 5.94. The maximum Gasteiger partial charge on any atom is 0.165 e. The van der Waals surface area contributed by atoms with Crippen LogP contribution >= 0.6 is 0 Å². The number of rotatable bonds is 4. The summed E-state index contributed by atoms with van der Waals surface area (Å²) in [7, 11) is 1.66. The van der Waals surface area contributed by atoms with Crippen LogP contribution in [0.5, 0.6) is 5.75 Å². The van der Waals surface area contributed by atoms with Gasteiger partial charge in [0.15, 0.2) is 5.82 Å². The topological polar surface area (TPSA) is 47.0 Å². The molecule has 4 heteroatoms. The number of ether oxygens (including phenoxy) is 1. The zero-order chi connectivity index (χ0) is 15.5. The Morgan fingerprint density at radius 3 is 2.48 bits per heavy atom. The van der Waals surface area contributed by atoms with Gasteiger partial charge in [-0.2, -0.15) is 0 Å². The van der Waals surface area contributed by atoms with Crippen molar-refractivity contribution in [3.8, 4) is 17.1 Å². The third-order valence-electron chi connectivity index (χ3n) is 3.20. The molecule has 4 nitrogen and oxygen atoms in total. The van der Waals surface area contributed by atoms with Crippen LogP contribution in [-0.4, -0.2) is 23.6 Å². The molecule has 1 aromatic carbocycles. The minimum absolute atomic E-state index is 0.0378. The maximum absolute atomic E-state index is 5.42. The monoisotopic (exact) mass is 285 g/mol. The molecule has 0 atom stereocenters. The average Bonchev–Trinajstić information content (AvgIpc) is 2.46. The summed E-state index contributed by atoms with van der Waals surface area (Å²) >= 11 is 0. The highest BCUT2D eigenvalue weighted by atomic mass is 16.5. The third-order valence-corrected chi connectivity index (χ3v) is 3.20. The lowest BCUT2D eigenvalue weighted by atomic mass is 9.91. The van der Waals surface area contributed by atoms with Crippen LogP contribution in [0.4, 0.5) is 5.82 Å². The van der Waals surface area contributed by atoms with E-state index in [0.717, 1.165) is 29.4 Å². The molecule has 0 saturated heterocycles. The van der Waals surface area contributed by atoms with Gasteiger partial charge in [-0.05, 0) is 19.1 Å². The minimum atomic E-state index is -0.0378. The summed E-state index contributed by atoms with van der Waals surface area (Å²) in [6.07, 6.45) is 0. The molecule has 0 unspecified atom stereocenters. The second kappa shape index (κ2) is 6.12. The molecule has 1 aromatic heterocycles. The Balaban J connectivity index is 2.59. The molecule has 21 heavy (non-hydrogen) atoms. The predicted octanol–water partition coefficient (Wildman–Crippen LogP) is 3.88. The van der Waals surface area contributed by atoms with Gasteiger partial charge in [0.25, 0.3) is 0 Å². The van der Waals surface area contributed by atoms with Crippen molar-refractivity contribution in [3.05, 3.63) is 36.0 Å². The van der Waals surface area contributed by atoms with Gasteiger partial charge in [0.1, 0.15) is 11.6 Å². The summed E-state index contributed by atoms with van der Waals surface area (Å²) in [4.78, 5) is 9.35. The fourth-order valence-electron chi connectivity index (χ4n) is 2.05. The van der Waals surface area contributed by atoms with Crippen LogP contribution in [0, 0.1) is 0 Å². The third kappa shape index (κ3) is 3.51. The van der Waals surface area contributed by atoms with Gasteiger partial charge in [-0.25, -0.2) is 9.97 Å². The van der Waals surface area contributed by atoms with Crippen LogP contribution in [0.3, 0.4) is 0 Å². The molecule has 2 aromatic rings. The summed E-state index contributed by atoms with van der Waals surface area (Å²) < 4.78 is 5.42. The van der Waals surface area contributed by atoms with Crippen molar-refractivity contribution in [3.63, 3.8) is 0 Å². The number of para-hydroxylation sites is 1. The van der Waals surface area contributed by atoms with Gasteiger partial charge in [-0.1, -0.05) is 32.9 Å². The molecule has 0 radical (unpaired) electrons. The smallest absolute Gasteiger partial charge is 0.165 e. The zero-order valence-electron chi connectivity index (χ0n) is 13.4. The lowest BCUT2D eigenvalue weighted by Crippen LogP contribution is -2.16. The highest BCUT2D eigenvalue weighted by Crippen LogP contribution is 2.30. The van der Waals surface area contributed by atoms with Crippen LogP contribution in [0.1, 0.15) is 33.4 Å². The fourth-order valence-corrected chi connectivity index (χ4v) is 2.05. The Labute approximate surface area is 126 Å². The number of aromatic nitrogens is 2. The van der Waals surface area contributed by atoms with E-state index in [1.54, 1.807) is 7.11 Å². The molecule has 2 rings (SSSR count). The Morgan fingerprint density at radius 1 is 1.14 bits per heavy atom. The van der Waals surface area contributed by atoms with E-state index in [1.165, 1.54) is 0 Å². The van der Waals surface area contributed by atoms with Gasteiger partial charge in [0.2, 0.25) is 0 Å². The molecule has 0 aliphatic rings. The van der Waals surface area contributed by atoms with Crippen LogP contribution in [-0.2, 0) is 5.41 Å². The Kier molecular flexibility index (Phi) is 4.46. The number of methoxy groups -OCH3 is 1. The first-order chi connectivity index (χ1) is 9.95. The van der Waals surface area contributed by atoms with Crippen molar-refractivity contribution in [2.24, 2.45) is 0 Å². The summed E-state index contributed by atoms with van der Waals surface area (Å²) in [5.41, 5.74) is 1.88. The van der Waals surface area contributed by atoms with Gasteiger partial charge in [-0.3, -0.25) is 0 Å². The van der Waals surface area contributed by atoms with E-state index in [9.17, 15) is 0 Å². The number of hydrogen-bond donors (Lipinski definition) is 1. The van der Waals surface area contributed by atoms with Gasteiger partial charge in [0, 0.05) is 18.0 Å². The van der Waals surface area contributed by atoms with E-state index < -0.39 is 0 Å². The molecule has 112 valence electrons. The van der Waals surface area contributed by atoms with E-state index in [4.69, 9.17) is 9.72 Å². The number of nitrogens with zero attached hydrogens (tertiary/aromatic N) is 2. The first kappa shape index (κ1) is 15.3. The number of benzene rings is 1. The Hall–Kier alpha value is -2.10. The molecule has 1 heterocycles. The van der Waals surface area contributed by atoms with Crippen LogP contribution in [0.2, 0.25) is 0 Å². The van der Waals surface area contributed by atoms with E-state index in [1.807, 2.05) is 30.3 Å². The lowest BCUT2D eigenvalue weighted by Gasteiger charge is -2.20. The van der Waals surface area contributed by atoms with Gasteiger partial charge >= 0.3 is 0 Å². The van der Waals surface area contributed by atoms with E-state index >= 15 is 0 Å². The highest BCUT2D eigenvalue weighted by molar-refractivity contribution is 5.65. The Morgan fingerprint density at radius 2 is 1.86 bits per heavy atom. The standard InChI is InChI=1S/C17H23N3O/c1-6-18-15-11-14(17(2,3)4)19-16(20-15)12-9-7-8-10-13(12)21-5/h7-11H,6H2,1-5H3,(H,18,19,20). The molecule has 0 spiro atoms. The first-order valence-electron chi connectivity index (χ1n) is 7.22. The maximum atomic E-state index is 5.42. The summed E-state index contributed by atoms with van der Waals surface area (Å²) in [5, 5.41) is 3.28. The molecule has 0 amide bonds. The number of anilines is 1. The van der Waals surface area contributed by atoms with Gasteiger partial charge < -0.3 is 10.1 Å². The summed E-state index contributed by atoms with van der Waals surface area (Å²) in [5.74, 6) is 2.32. The predicted molar refractivity (Wildman–Crippen MR) is 86.9 cm³/mol. The van der Waals surface area contributed by atoms with Crippen molar-refractivity contribution < 1.29 is 4.74 Å². The van der Waals surface area contributed by atoms with Crippen molar-refractivity contribution in [1.29, 1.82) is 0 Å². The summed E-state index contributed by atoms with van der Waals surface area (Å²) in [6, 6.07) is 9.84. The molecular weight excluding hydrogens is 262 g/mol. The number of hydrogen-bond acceptors (Lipinski definition) is 4. The lowest BCUT2D eigenvalue weighted by molar-refractivity contribution is 0.416.